The SMILES string of the molecule is C/C(=C\c1csc(C)n1)[C@@H]1CCc2cccc(c2)CCC[C@@H](C)C(=O)C(C)(C)[C@@H](O)CC(=O)O1. The van der Waals surface area contributed by atoms with Gasteiger partial charge in [-0.05, 0) is 68.7 Å². The number of carbonyl (C=O) groups excluding carboxylic acids is 2. The van der Waals surface area contributed by atoms with Gasteiger partial charge in [0.25, 0.3) is 0 Å². The molecule has 0 fully saturated rings. The van der Waals surface area contributed by atoms with E-state index in [0.717, 1.165) is 42.0 Å². The summed E-state index contributed by atoms with van der Waals surface area (Å²) in [5.74, 6) is -0.689. The number of fused-ring (bicyclic) bond motifs is 2. The monoisotopic (exact) mass is 483 g/mol. The fourth-order valence-electron chi connectivity index (χ4n) is 4.55. The lowest BCUT2D eigenvalue weighted by Crippen LogP contribution is -2.42. The van der Waals surface area contributed by atoms with Crippen molar-refractivity contribution >= 4 is 29.2 Å². The standard InChI is InChI=1S/C28H37NO4S/c1-18-8-6-9-21-10-7-11-22(15-21)12-13-24(19(2)14-23-17-34-20(3)29-23)33-26(31)16-25(30)28(4,5)27(18)32/h7,10-11,14-15,17-18,24-25,30H,6,8-9,12-13,16H2,1-5H3/b19-14+/t18-,24+,25+/m1/s1. The maximum absolute atomic E-state index is 13.1. The number of nitrogens with zero attached hydrogens (tertiary/aromatic N) is 1. The van der Waals surface area contributed by atoms with Crippen LogP contribution in [0, 0.1) is 18.3 Å². The highest BCUT2D eigenvalue weighted by molar-refractivity contribution is 7.09. The quantitative estimate of drug-likeness (QED) is 0.553. The molecule has 184 valence electrons. The molecule has 1 aliphatic rings. The first-order chi connectivity index (χ1) is 16.1. The largest absolute Gasteiger partial charge is 0.458 e. The van der Waals surface area contributed by atoms with Gasteiger partial charge in [0, 0.05) is 11.3 Å². The van der Waals surface area contributed by atoms with Gasteiger partial charge in [-0.1, -0.05) is 45.0 Å². The van der Waals surface area contributed by atoms with Crippen LogP contribution in [0.25, 0.3) is 6.08 Å². The molecule has 34 heavy (non-hydrogen) atoms. The van der Waals surface area contributed by atoms with Crippen LogP contribution in [0.15, 0.2) is 35.2 Å². The highest BCUT2D eigenvalue weighted by Gasteiger charge is 2.39. The predicted octanol–water partition coefficient (Wildman–Crippen LogP) is 5.72. The Balaban J connectivity index is 1.89. The van der Waals surface area contributed by atoms with Crippen LogP contribution in [0.5, 0.6) is 0 Å². The average Bonchev–Trinajstić information content (AvgIpc) is 3.19. The Hall–Kier alpha value is -2.31. The fourth-order valence-corrected chi connectivity index (χ4v) is 5.12. The zero-order valence-corrected chi connectivity index (χ0v) is 21.8. The molecule has 1 aromatic heterocycles. The number of esters is 1. The van der Waals surface area contributed by atoms with E-state index < -0.39 is 23.6 Å². The summed E-state index contributed by atoms with van der Waals surface area (Å²) in [7, 11) is 0. The van der Waals surface area contributed by atoms with Crippen LogP contribution >= 0.6 is 11.3 Å². The molecule has 1 aromatic carbocycles. The molecule has 0 radical (unpaired) electrons. The van der Waals surface area contributed by atoms with Crippen LogP contribution < -0.4 is 0 Å². The van der Waals surface area contributed by atoms with Crippen LogP contribution in [0.3, 0.4) is 0 Å². The summed E-state index contributed by atoms with van der Waals surface area (Å²) in [5, 5.41) is 13.8. The van der Waals surface area contributed by atoms with Gasteiger partial charge in [-0.25, -0.2) is 4.98 Å². The molecule has 0 unspecified atom stereocenters. The van der Waals surface area contributed by atoms with Crippen LogP contribution in [0.4, 0.5) is 0 Å². The minimum atomic E-state index is -1.10. The van der Waals surface area contributed by atoms with Gasteiger partial charge < -0.3 is 9.84 Å². The molecule has 3 rings (SSSR count). The maximum Gasteiger partial charge on any atom is 0.309 e. The summed E-state index contributed by atoms with van der Waals surface area (Å²) in [6, 6.07) is 8.52. The first kappa shape index (κ1) is 26.3. The number of cyclic esters (lactones) is 1. The summed E-state index contributed by atoms with van der Waals surface area (Å²) in [4.78, 5) is 30.5. The summed E-state index contributed by atoms with van der Waals surface area (Å²) >= 11 is 1.58. The van der Waals surface area contributed by atoms with E-state index in [1.165, 1.54) is 11.1 Å². The normalized spacial score (nSPS) is 25.1. The first-order valence-electron chi connectivity index (χ1n) is 12.2. The van der Waals surface area contributed by atoms with Gasteiger partial charge in [-0.2, -0.15) is 0 Å². The van der Waals surface area contributed by atoms with Gasteiger partial charge in [0.05, 0.1) is 28.6 Å². The first-order valence-corrected chi connectivity index (χ1v) is 13.0. The van der Waals surface area contributed by atoms with E-state index in [1.807, 2.05) is 32.2 Å². The van der Waals surface area contributed by atoms with E-state index >= 15 is 0 Å². The number of aromatic nitrogens is 1. The Labute approximate surface area is 207 Å². The molecule has 3 atom stereocenters. The highest BCUT2D eigenvalue weighted by atomic mass is 32.1. The number of hydrogen-bond acceptors (Lipinski definition) is 6. The van der Waals surface area contributed by atoms with Crippen molar-refractivity contribution in [2.75, 3.05) is 0 Å². The molecular weight excluding hydrogens is 446 g/mol. The molecule has 0 aliphatic carbocycles. The van der Waals surface area contributed by atoms with E-state index in [2.05, 4.69) is 29.2 Å². The van der Waals surface area contributed by atoms with Crippen molar-refractivity contribution in [3.05, 3.63) is 57.0 Å². The van der Waals surface area contributed by atoms with Crippen molar-refractivity contribution in [3.63, 3.8) is 0 Å². The number of Topliss-reactive ketones (excluding diaryl/α,β-unsaturated/α-hetero) is 1. The average molecular weight is 484 g/mol. The summed E-state index contributed by atoms with van der Waals surface area (Å²) < 4.78 is 5.89. The van der Waals surface area contributed by atoms with Gasteiger partial charge in [-0.3, -0.25) is 9.59 Å². The number of hydrogen-bond donors (Lipinski definition) is 1. The third-order valence-electron chi connectivity index (χ3n) is 6.86. The minimum absolute atomic E-state index is 0.0137. The molecule has 2 heterocycles. The summed E-state index contributed by atoms with van der Waals surface area (Å²) in [5.41, 5.74) is 3.20. The van der Waals surface area contributed by atoms with Crippen molar-refractivity contribution < 1.29 is 19.4 Å². The third-order valence-corrected chi connectivity index (χ3v) is 7.65. The number of aliphatic hydroxyl groups is 1. The second-order valence-electron chi connectivity index (χ2n) is 10.1. The lowest BCUT2D eigenvalue weighted by atomic mass is 9.75. The van der Waals surface area contributed by atoms with Crippen molar-refractivity contribution in [1.29, 1.82) is 0 Å². The predicted molar refractivity (Wildman–Crippen MR) is 137 cm³/mol. The summed E-state index contributed by atoms with van der Waals surface area (Å²) in [6.45, 7) is 9.28. The Morgan fingerprint density at radius 1 is 1.21 bits per heavy atom. The van der Waals surface area contributed by atoms with Crippen LogP contribution in [0.2, 0.25) is 0 Å². The number of thiazole rings is 1. The Kier molecular flexibility index (Phi) is 8.83. The number of aryl methyl sites for hydroxylation is 3. The molecule has 2 bridgehead atoms. The van der Waals surface area contributed by atoms with Crippen LogP contribution in [-0.4, -0.2) is 34.1 Å². The van der Waals surface area contributed by atoms with E-state index in [4.69, 9.17) is 4.74 Å². The number of ketones is 1. The zero-order chi connectivity index (χ0) is 24.9. The molecule has 0 spiro atoms. The summed E-state index contributed by atoms with van der Waals surface area (Å²) in [6.07, 6.45) is 4.20. The fraction of sp³-hybridized carbons (Fsp3) is 0.536. The number of benzene rings is 1. The lowest BCUT2D eigenvalue weighted by molar-refractivity contribution is -0.153. The number of rotatable bonds is 2. The third kappa shape index (κ3) is 6.86. The Bertz CT molecular complexity index is 1040. The zero-order valence-electron chi connectivity index (χ0n) is 21.0. The van der Waals surface area contributed by atoms with Gasteiger partial charge in [0.15, 0.2) is 0 Å². The molecule has 2 aromatic rings. The molecule has 1 N–H and O–H groups in total. The molecule has 0 amide bonds. The molecule has 6 heteroatoms. The number of ether oxygens (including phenoxy) is 1. The topological polar surface area (TPSA) is 76.5 Å². The smallest absolute Gasteiger partial charge is 0.309 e. The Morgan fingerprint density at radius 2 is 1.91 bits per heavy atom. The van der Waals surface area contributed by atoms with Gasteiger partial charge >= 0.3 is 5.97 Å². The van der Waals surface area contributed by atoms with E-state index in [0.29, 0.717) is 6.42 Å². The minimum Gasteiger partial charge on any atom is -0.458 e. The second kappa shape index (κ2) is 11.4. The van der Waals surface area contributed by atoms with Crippen molar-refractivity contribution in [2.24, 2.45) is 11.3 Å². The van der Waals surface area contributed by atoms with Crippen molar-refractivity contribution in [2.45, 2.75) is 85.4 Å². The lowest BCUT2D eigenvalue weighted by Gasteiger charge is -2.31. The van der Waals surface area contributed by atoms with E-state index in [1.54, 1.807) is 25.2 Å². The number of carbonyl (C=O) groups is 2. The van der Waals surface area contributed by atoms with Gasteiger partial charge in [0.2, 0.25) is 0 Å². The van der Waals surface area contributed by atoms with Crippen molar-refractivity contribution in [1.82, 2.24) is 4.98 Å². The second-order valence-corrected chi connectivity index (χ2v) is 11.2. The van der Waals surface area contributed by atoms with Gasteiger partial charge in [0.1, 0.15) is 11.9 Å². The molecule has 5 nitrogen and oxygen atoms in total. The highest BCUT2D eigenvalue weighted by Crippen LogP contribution is 2.31. The molecule has 0 saturated heterocycles. The van der Waals surface area contributed by atoms with Crippen LogP contribution in [0.1, 0.15) is 75.2 Å². The molecule has 0 saturated carbocycles. The Morgan fingerprint density at radius 3 is 2.59 bits per heavy atom. The van der Waals surface area contributed by atoms with E-state index in [9.17, 15) is 14.7 Å². The van der Waals surface area contributed by atoms with E-state index in [-0.39, 0.29) is 18.1 Å². The van der Waals surface area contributed by atoms with Crippen LogP contribution in [-0.2, 0) is 27.2 Å². The number of aliphatic hydroxyl groups excluding tert-OH is 1. The molecular formula is C28H37NO4S. The van der Waals surface area contributed by atoms with Crippen molar-refractivity contribution in [3.8, 4) is 0 Å². The van der Waals surface area contributed by atoms with Gasteiger partial charge in [-0.15, -0.1) is 11.3 Å². The maximum atomic E-state index is 13.1. The molecule has 1 aliphatic heterocycles.